The van der Waals surface area contributed by atoms with E-state index in [0.29, 0.717) is 33.3 Å². The van der Waals surface area contributed by atoms with Crippen molar-refractivity contribution in [2.24, 2.45) is 0 Å². The number of hydrogen-bond acceptors (Lipinski definition) is 2. The van der Waals surface area contributed by atoms with Crippen LogP contribution in [0.4, 0.5) is 0 Å². The van der Waals surface area contributed by atoms with Crippen LogP contribution in [0.15, 0.2) is 36.4 Å². The van der Waals surface area contributed by atoms with Crippen molar-refractivity contribution < 1.29 is 8.85 Å². The van der Waals surface area contributed by atoms with Crippen LogP contribution in [0, 0.1) is 0 Å². The Morgan fingerprint density at radius 3 is 1.52 bits per heavy atom. The third-order valence-electron chi connectivity index (χ3n) is 3.17. The Morgan fingerprint density at radius 2 is 1.13 bits per heavy atom. The second-order valence-electron chi connectivity index (χ2n) is 5.45. The predicted octanol–water partition coefficient (Wildman–Crippen LogP) is 6.74. The highest BCUT2D eigenvalue weighted by Gasteiger charge is 2.25. The molecule has 0 unspecified atom stereocenters. The smallest absolute Gasteiger partial charge is 0.332 e. The molecule has 0 spiro atoms. The molecule has 2 rings (SSSR count). The summed E-state index contributed by atoms with van der Waals surface area (Å²) in [6, 6.07) is 10.6. The van der Waals surface area contributed by atoms with E-state index >= 15 is 0 Å². The van der Waals surface area contributed by atoms with Crippen LogP contribution in [0.2, 0.25) is 33.2 Å². The lowest BCUT2D eigenvalue weighted by Gasteiger charge is -2.23. The monoisotopic (exact) mass is 408 g/mol. The summed E-state index contributed by atoms with van der Waals surface area (Å²) in [5.74, 6) is 0. The molecule has 0 aliphatic rings. The van der Waals surface area contributed by atoms with Crippen molar-refractivity contribution >= 4 is 55.0 Å². The number of halogens is 4. The normalized spacial score (nSPS) is 11.7. The van der Waals surface area contributed by atoms with Crippen LogP contribution in [0.1, 0.15) is 11.1 Å². The van der Waals surface area contributed by atoms with Crippen LogP contribution in [0.25, 0.3) is 0 Å². The van der Waals surface area contributed by atoms with E-state index in [-0.39, 0.29) is 0 Å². The van der Waals surface area contributed by atoms with Crippen LogP contribution >= 0.6 is 46.4 Å². The molecule has 2 nitrogen and oxygen atoms in total. The van der Waals surface area contributed by atoms with Gasteiger partial charge in [0.25, 0.3) is 0 Å². The van der Waals surface area contributed by atoms with E-state index in [4.69, 9.17) is 55.3 Å². The zero-order valence-electron chi connectivity index (χ0n) is 12.7. The first kappa shape index (κ1) is 19.1. The van der Waals surface area contributed by atoms with E-state index in [1.165, 1.54) is 0 Å². The quantitative estimate of drug-likeness (QED) is 0.492. The van der Waals surface area contributed by atoms with E-state index in [2.05, 4.69) is 0 Å². The molecular formula is C16H16Cl4O2Si. The minimum atomic E-state index is -2.35. The van der Waals surface area contributed by atoms with Crippen molar-refractivity contribution in [1.29, 1.82) is 0 Å². The van der Waals surface area contributed by atoms with Crippen LogP contribution in [0.3, 0.4) is 0 Å². The van der Waals surface area contributed by atoms with Crippen molar-refractivity contribution in [3.8, 4) is 0 Å². The van der Waals surface area contributed by atoms with Crippen LogP contribution < -0.4 is 0 Å². The summed E-state index contributed by atoms with van der Waals surface area (Å²) >= 11 is 24.2. The van der Waals surface area contributed by atoms with Gasteiger partial charge in [0.1, 0.15) is 0 Å². The molecule has 0 fully saturated rings. The van der Waals surface area contributed by atoms with Gasteiger partial charge in [0.05, 0.1) is 13.2 Å². The molecule has 0 N–H and O–H groups in total. The molecule has 0 bridgehead atoms. The van der Waals surface area contributed by atoms with Gasteiger partial charge in [-0.25, -0.2) is 0 Å². The SMILES string of the molecule is C[Si](C)(OCc1cc(Cl)ccc1Cl)OCc1cc(Cl)ccc1Cl. The Kier molecular flexibility index (Phi) is 6.81. The molecule has 2 aromatic carbocycles. The van der Waals surface area contributed by atoms with Gasteiger partial charge in [-0.05, 0) is 60.6 Å². The molecule has 2 aromatic rings. The third kappa shape index (κ3) is 5.95. The summed E-state index contributed by atoms with van der Waals surface area (Å²) in [5.41, 5.74) is 1.67. The van der Waals surface area contributed by atoms with Crippen molar-refractivity contribution in [2.45, 2.75) is 26.3 Å². The maximum absolute atomic E-state index is 6.14. The van der Waals surface area contributed by atoms with Gasteiger partial charge in [0, 0.05) is 20.1 Å². The Bertz CT molecular complexity index is 634. The predicted molar refractivity (Wildman–Crippen MR) is 100.0 cm³/mol. The number of hydrogen-bond donors (Lipinski definition) is 0. The van der Waals surface area contributed by atoms with Gasteiger partial charge >= 0.3 is 8.56 Å². The highest BCUT2D eigenvalue weighted by atomic mass is 35.5. The first-order valence-electron chi connectivity index (χ1n) is 6.92. The summed E-state index contributed by atoms with van der Waals surface area (Å²) in [4.78, 5) is 0. The van der Waals surface area contributed by atoms with E-state index < -0.39 is 8.56 Å². The molecule has 7 heteroatoms. The lowest BCUT2D eigenvalue weighted by atomic mass is 10.2. The van der Waals surface area contributed by atoms with Crippen LogP contribution in [-0.4, -0.2) is 8.56 Å². The van der Waals surface area contributed by atoms with Crippen LogP contribution in [0.5, 0.6) is 0 Å². The average Bonchev–Trinajstić information content (AvgIpc) is 2.49. The molecule has 0 aliphatic carbocycles. The lowest BCUT2D eigenvalue weighted by molar-refractivity contribution is 0.164. The summed E-state index contributed by atoms with van der Waals surface area (Å²) in [6.07, 6.45) is 0. The number of benzene rings is 2. The Balaban J connectivity index is 1.96. The van der Waals surface area contributed by atoms with Gasteiger partial charge < -0.3 is 8.85 Å². The fourth-order valence-corrected chi connectivity index (χ4v) is 3.68. The lowest BCUT2D eigenvalue weighted by Crippen LogP contribution is -2.34. The molecule has 23 heavy (non-hydrogen) atoms. The minimum Gasteiger partial charge on any atom is -0.390 e. The number of rotatable bonds is 6. The summed E-state index contributed by atoms with van der Waals surface area (Å²) in [5, 5.41) is 2.49. The molecular weight excluding hydrogens is 394 g/mol. The summed E-state index contributed by atoms with van der Waals surface area (Å²) in [7, 11) is -2.35. The second kappa shape index (κ2) is 8.21. The van der Waals surface area contributed by atoms with E-state index in [9.17, 15) is 0 Å². The molecule has 0 atom stereocenters. The molecule has 0 saturated heterocycles. The van der Waals surface area contributed by atoms with Crippen molar-refractivity contribution in [3.05, 3.63) is 67.6 Å². The first-order valence-corrected chi connectivity index (χ1v) is 11.3. The second-order valence-corrected chi connectivity index (χ2v) is 10.5. The van der Waals surface area contributed by atoms with Crippen molar-refractivity contribution in [1.82, 2.24) is 0 Å². The van der Waals surface area contributed by atoms with Crippen molar-refractivity contribution in [3.63, 3.8) is 0 Å². The van der Waals surface area contributed by atoms with Gasteiger partial charge in [0.15, 0.2) is 0 Å². The average molecular weight is 410 g/mol. The fraction of sp³-hybridized carbons (Fsp3) is 0.250. The Morgan fingerprint density at radius 1 is 0.739 bits per heavy atom. The topological polar surface area (TPSA) is 18.5 Å². The highest BCUT2D eigenvalue weighted by molar-refractivity contribution is 6.64. The molecule has 0 heterocycles. The summed E-state index contributed by atoms with van der Waals surface area (Å²) in [6.45, 7) is 4.62. The molecule has 124 valence electrons. The maximum atomic E-state index is 6.14. The van der Waals surface area contributed by atoms with Gasteiger partial charge in [-0.3, -0.25) is 0 Å². The Labute approximate surface area is 157 Å². The summed E-state index contributed by atoms with van der Waals surface area (Å²) < 4.78 is 11.9. The largest absolute Gasteiger partial charge is 0.390 e. The molecule has 0 aromatic heterocycles. The van der Waals surface area contributed by atoms with Gasteiger partial charge in [-0.2, -0.15) is 0 Å². The van der Waals surface area contributed by atoms with Crippen LogP contribution in [-0.2, 0) is 22.1 Å². The first-order chi connectivity index (χ1) is 10.8. The van der Waals surface area contributed by atoms with Gasteiger partial charge in [-0.15, -0.1) is 0 Å². The standard InChI is InChI=1S/C16H16Cl4O2Si/c1-23(2,21-9-11-7-13(17)3-5-15(11)19)22-10-12-8-14(18)4-6-16(12)20/h3-8H,9-10H2,1-2H3. The fourth-order valence-electron chi connectivity index (χ4n) is 1.85. The van der Waals surface area contributed by atoms with Gasteiger partial charge in [-0.1, -0.05) is 46.4 Å². The zero-order chi connectivity index (χ0) is 17.0. The Hall–Kier alpha value is -0.263. The molecule has 0 aliphatic heterocycles. The molecule has 0 radical (unpaired) electrons. The maximum Gasteiger partial charge on any atom is 0.332 e. The zero-order valence-corrected chi connectivity index (χ0v) is 16.7. The minimum absolute atomic E-state index is 0.349. The van der Waals surface area contributed by atoms with Crippen molar-refractivity contribution in [2.75, 3.05) is 0 Å². The van der Waals surface area contributed by atoms with E-state index in [1.54, 1.807) is 36.4 Å². The third-order valence-corrected chi connectivity index (χ3v) is 6.05. The van der Waals surface area contributed by atoms with E-state index in [1.807, 2.05) is 13.1 Å². The molecule has 0 amide bonds. The van der Waals surface area contributed by atoms with Gasteiger partial charge in [0.2, 0.25) is 0 Å². The highest BCUT2D eigenvalue weighted by Crippen LogP contribution is 2.25. The van der Waals surface area contributed by atoms with E-state index in [0.717, 1.165) is 11.1 Å². The molecule has 0 saturated carbocycles.